The maximum Gasteiger partial charge on any atom is 0.160 e. The van der Waals surface area contributed by atoms with Crippen LogP contribution in [0.15, 0.2) is 103 Å². The van der Waals surface area contributed by atoms with Crippen molar-refractivity contribution in [1.82, 2.24) is 9.97 Å². The summed E-state index contributed by atoms with van der Waals surface area (Å²) in [6, 6.07) is 29.6. The van der Waals surface area contributed by atoms with Gasteiger partial charge in [-0.2, -0.15) is 0 Å². The van der Waals surface area contributed by atoms with Gasteiger partial charge in [0.15, 0.2) is 5.82 Å². The van der Waals surface area contributed by atoms with Gasteiger partial charge in [0, 0.05) is 11.1 Å². The molecule has 0 N–H and O–H groups in total. The summed E-state index contributed by atoms with van der Waals surface area (Å²) in [7, 11) is 0. The molecule has 0 spiro atoms. The fourth-order valence-electron chi connectivity index (χ4n) is 3.84. The summed E-state index contributed by atoms with van der Waals surface area (Å²) in [6.07, 6.45) is 8.80. The van der Waals surface area contributed by atoms with E-state index in [1.807, 2.05) is 18.2 Å². The van der Waals surface area contributed by atoms with Gasteiger partial charge in [-0.3, -0.25) is 0 Å². The van der Waals surface area contributed by atoms with Crippen LogP contribution < -0.4 is 0 Å². The lowest BCUT2D eigenvalue weighted by atomic mass is 10.0. The number of nitrogens with zero attached hydrogens (tertiary/aromatic N) is 2. The van der Waals surface area contributed by atoms with E-state index >= 15 is 0 Å². The molecule has 0 saturated carbocycles. The van der Waals surface area contributed by atoms with Crippen LogP contribution in [0, 0.1) is 6.92 Å². The van der Waals surface area contributed by atoms with Crippen molar-refractivity contribution in [3.05, 3.63) is 114 Å². The first-order valence-corrected chi connectivity index (χ1v) is 10.8. The fourth-order valence-corrected chi connectivity index (χ4v) is 3.84. The first kappa shape index (κ1) is 19.2. The van der Waals surface area contributed by atoms with Crippen LogP contribution in [0.25, 0.3) is 39.3 Å². The normalized spacial score (nSPS) is 13.1. The lowest BCUT2D eigenvalue weighted by Crippen LogP contribution is -1.98. The first-order chi connectivity index (χ1) is 15.3. The summed E-state index contributed by atoms with van der Waals surface area (Å²) >= 11 is 0. The van der Waals surface area contributed by atoms with Gasteiger partial charge in [-0.15, -0.1) is 0 Å². The highest BCUT2D eigenvalue weighted by Crippen LogP contribution is 2.29. The minimum atomic E-state index is 0.756. The second-order valence-corrected chi connectivity index (χ2v) is 7.91. The molecule has 1 aromatic heterocycles. The third kappa shape index (κ3) is 4.24. The number of benzene rings is 3. The van der Waals surface area contributed by atoms with Crippen molar-refractivity contribution in [2.45, 2.75) is 19.8 Å². The van der Waals surface area contributed by atoms with Crippen LogP contribution in [0.1, 0.15) is 24.1 Å². The predicted molar refractivity (Wildman–Crippen MR) is 129 cm³/mol. The molecule has 2 nitrogen and oxygen atoms in total. The Kier molecular flexibility index (Phi) is 5.28. The summed E-state index contributed by atoms with van der Waals surface area (Å²) in [5, 5.41) is 0. The van der Waals surface area contributed by atoms with E-state index in [9.17, 15) is 0 Å². The number of hydrogen-bond acceptors (Lipinski definition) is 2. The highest BCUT2D eigenvalue weighted by atomic mass is 14.9. The van der Waals surface area contributed by atoms with E-state index in [-0.39, 0.29) is 0 Å². The van der Waals surface area contributed by atoms with Gasteiger partial charge >= 0.3 is 0 Å². The fraction of sp³-hybridized carbons (Fsp3) is 0.103. The monoisotopic (exact) mass is 400 g/mol. The number of rotatable bonds is 4. The van der Waals surface area contributed by atoms with E-state index < -0.39 is 0 Å². The molecule has 1 aliphatic rings. The molecule has 0 fully saturated rings. The molecule has 2 heteroatoms. The number of hydrogen-bond donors (Lipinski definition) is 0. The van der Waals surface area contributed by atoms with Gasteiger partial charge in [-0.25, -0.2) is 9.97 Å². The molecule has 0 unspecified atom stereocenters. The van der Waals surface area contributed by atoms with E-state index in [0.29, 0.717) is 0 Å². The molecule has 1 aliphatic carbocycles. The van der Waals surface area contributed by atoms with Crippen LogP contribution >= 0.6 is 0 Å². The zero-order valence-electron chi connectivity index (χ0n) is 17.6. The lowest BCUT2D eigenvalue weighted by Gasteiger charge is -2.12. The number of aryl methyl sites for hydroxylation is 1. The molecule has 5 rings (SSSR count). The molecule has 3 aromatic carbocycles. The minimum Gasteiger partial charge on any atom is -0.228 e. The molecule has 4 aromatic rings. The summed E-state index contributed by atoms with van der Waals surface area (Å²) in [6.45, 7) is 2.11. The van der Waals surface area contributed by atoms with Crippen molar-refractivity contribution < 1.29 is 0 Å². The van der Waals surface area contributed by atoms with Crippen molar-refractivity contribution in [3.8, 4) is 33.8 Å². The number of allylic oxidation sites excluding steroid dienone is 4. The molecule has 150 valence electrons. The van der Waals surface area contributed by atoms with Crippen LogP contribution in [-0.4, -0.2) is 9.97 Å². The molecule has 0 amide bonds. The van der Waals surface area contributed by atoms with E-state index in [4.69, 9.17) is 9.97 Å². The summed E-state index contributed by atoms with van der Waals surface area (Å²) in [5.41, 5.74) is 8.90. The zero-order chi connectivity index (χ0) is 21.0. The molecule has 0 atom stereocenters. The first-order valence-electron chi connectivity index (χ1n) is 10.8. The summed E-state index contributed by atoms with van der Waals surface area (Å²) in [4.78, 5) is 9.86. The standard InChI is InChI=1S/C29H24N2/c1-21-12-14-22(15-13-21)23-16-18-26(19-17-23)29-30-27(24-8-4-2-5-9-24)20-28(31-29)25-10-6-3-7-11-25/h2,4-6,8-20H,3,7H2,1H3. The van der Waals surface area contributed by atoms with Crippen LogP contribution in [-0.2, 0) is 0 Å². The molecule has 0 radical (unpaired) electrons. The van der Waals surface area contributed by atoms with Gasteiger partial charge in [0.05, 0.1) is 11.4 Å². The zero-order valence-corrected chi connectivity index (χ0v) is 17.6. The SMILES string of the molecule is Cc1ccc(-c2ccc(-c3nc(C4=CCCC=C4)cc(-c4ccccc4)n3)cc2)cc1. The van der Waals surface area contributed by atoms with Gasteiger partial charge in [0.2, 0.25) is 0 Å². The second kappa shape index (κ2) is 8.53. The Balaban J connectivity index is 1.57. The quantitative estimate of drug-likeness (QED) is 0.354. The smallest absolute Gasteiger partial charge is 0.160 e. The molecule has 0 saturated heterocycles. The maximum absolute atomic E-state index is 4.94. The van der Waals surface area contributed by atoms with E-state index in [1.54, 1.807) is 0 Å². The van der Waals surface area contributed by atoms with Gasteiger partial charge < -0.3 is 0 Å². The number of aromatic nitrogens is 2. The Bertz CT molecular complexity index is 1250. The van der Waals surface area contributed by atoms with Crippen molar-refractivity contribution in [1.29, 1.82) is 0 Å². The Labute approximate surface area is 183 Å². The van der Waals surface area contributed by atoms with Crippen LogP contribution in [0.3, 0.4) is 0 Å². The maximum atomic E-state index is 4.94. The third-order valence-electron chi connectivity index (χ3n) is 5.61. The lowest BCUT2D eigenvalue weighted by molar-refractivity contribution is 1.03. The molecular formula is C29H24N2. The van der Waals surface area contributed by atoms with E-state index in [0.717, 1.165) is 41.2 Å². The molecule has 1 heterocycles. The van der Waals surface area contributed by atoms with Gasteiger partial charge in [-0.1, -0.05) is 103 Å². The average molecular weight is 401 g/mol. The van der Waals surface area contributed by atoms with Gasteiger partial charge in [-0.05, 0) is 42.5 Å². The molecular weight excluding hydrogens is 376 g/mol. The van der Waals surface area contributed by atoms with Crippen molar-refractivity contribution in [3.63, 3.8) is 0 Å². The van der Waals surface area contributed by atoms with Crippen LogP contribution in [0.2, 0.25) is 0 Å². The highest BCUT2D eigenvalue weighted by molar-refractivity contribution is 5.77. The van der Waals surface area contributed by atoms with Gasteiger partial charge in [0.1, 0.15) is 0 Å². The van der Waals surface area contributed by atoms with Crippen LogP contribution in [0.4, 0.5) is 0 Å². The Hall–Kier alpha value is -3.78. The summed E-state index contributed by atoms with van der Waals surface area (Å²) < 4.78 is 0. The molecule has 0 aliphatic heterocycles. The Morgan fingerprint density at radius 3 is 1.94 bits per heavy atom. The van der Waals surface area contributed by atoms with Crippen molar-refractivity contribution in [2.24, 2.45) is 0 Å². The largest absolute Gasteiger partial charge is 0.228 e. The minimum absolute atomic E-state index is 0.756. The Morgan fingerprint density at radius 1 is 0.613 bits per heavy atom. The van der Waals surface area contributed by atoms with E-state index in [2.05, 4.69) is 91.9 Å². The average Bonchev–Trinajstić information content (AvgIpc) is 2.85. The third-order valence-corrected chi connectivity index (χ3v) is 5.61. The topological polar surface area (TPSA) is 25.8 Å². The van der Waals surface area contributed by atoms with E-state index in [1.165, 1.54) is 22.3 Å². The van der Waals surface area contributed by atoms with Gasteiger partial charge in [0.25, 0.3) is 0 Å². The Morgan fingerprint density at radius 2 is 1.26 bits per heavy atom. The van der Waals surface area contributed by atoms with Crippen LogP contribution in [0.5, 0.6) is 0 Å². The second-order valence-electron chi connectivity index (χ2n) is 7.91. The van der Waals surface area contributed by atoms with Crippen molar-refractivity contribution >= 4 is 5.57 Å². The highest BCUT2D eigenvalue weighted by Gasteiger charge is 2.12. The molecule has 31 heavy (non-hydrogen) atoms. The van der Waals surface area contributed by atoms with Crippen molar-refractivity contribution in [2.75, 3.05) is 0 Å². The summed E-state index contributed by atoms with van der Waals surface area (Å²) in [5.74, 6) is 0.756. The molecule has 0 bridgehead atoms. The predicted octanol–water partition coefficient (Wildman–Crippen LogP) is 7.52.